The number of hydrogen-bond donors (Lipinski definition) is 0. The van der Waals surface area contributed by atoms with Crippen molar-refractivity contribution in [3.63, 3.8) is 0 Å². The summed E-state index contributed by atoms with van der Waals surface area (Å²) in [7, 11) is 0. The Bertz CT molecular complexity index is 665. The lowest BCUT2D eigenvalue weighted by Crippen LogP contribution is -2.29. The smallest absolute Gasteiger partial charge is 0.360 e. The molecule has 136 valence electrons. The van der Waals surface area contributed by atoms with Gasteiger partial charge in [0.25, 0.3) is 11.4 Å². The van der Waals surface area contributed by atoms with E-state index in [2.05, 4.69) is 0 Å². The lowest BCUT2D eigenvalue weighted by molar-refractivity contribution is -0.393. The molecule has 2 saturated heterocycles. The Morgan fingerprint density at radius 3 is 1.64 bits per heavy atom. The van der Waals surface area contributed by atoms with Gasteiger partial charge >= 0.3 is 6.18 Å². The highest BCUT2D eigenvalue weighted by Gasteiger charge is 2.41. The predicted octanol–water partition coefficient (Wildman–Crippen LogP) is 4.15. The number of nitrogens with zero attached hydrogens (tertiary/aromatic N) is 3. The average Bonchev–Trinajstić information content (AvgIpc) is 2.85. The van der Waals surface area contributed by atoms with Crippen LogP contribution in [0.15, 0.2) is 12.1 Å². The largest absolute Gasteiger partial charge is 0.416 e. The van der Waals surface area contributed by atoms with Crippen LogP contribution in [0.5, 0.6) is 0 Å². The Morgan fingerprint density at radius 1 is 0.920 bits per heavy atom. The third-order valence-corrected chi connectivity index (χ3v) is 5.03. The van der Waals surface area contributed by atoms with Gasteiger partial charge in [-0.25, -0.2) is 0 Å². The van der Waals surface area contributed by atoms with Crippen LogP contribution in [0.4, 0.5) is 30.2 Å². The van der Waals surface area contributed by atoms with E-state index in [4.69, 9.17) is 0 Å². The number of alkyl halides is 3. The van der Waals surface area contributed by atoms with Crippen LogP contribution < -0.4 is 4.90 Å². The first-order valence-electron chi connectivity index (χ1n) is 7.95. The molecule has 3 fully saturated rings. The van der Waals surface area contributed by atoms with Crippen LogP contribution in [-0.4, -0.2) is 22.9 Å². The molecular weight excluding hydrogens is 343 g/mol. The summed E-state index contributed by atoms with van der Waals surface area (Å²) >= 11 is 0. The van der Waals surface area contributed by atoms with Crippen LogP contribution in [0, 0.1) is 32.1 Å². The van der Waals surface area contributed by atoms with Crippen LogP contribution in [0.25, 0.3) is 0 Å². The molecule has 3 aliphatic rings. The molecule has 0 unspecified atom stereocenters. The number of nitro groups is 2. The first kappa shape index (κ1) is 17.4. The van der Waals surface area contributed by atoms with Gasteiger partial charge in [-0.2, -0.15) is 13.2 Å². The summed E-state index contributed by atoms with van der Waals surface area (Å²) < 4.78 is 39.0. The van der Waals surface area contributed by atoms with Crippen molar-refractivity contribution in [2.75, 3.05) is 18.0 Å². The molecule has 0 N–H and O–H groups in total. The van der Waals surface area contributed by atoms with Gasteiger partial charge in [-0.05, 0) is 37.5 Å². The van der Waals surface area contributed by atoms with Gasteiger partial charge in [-0.1, -0.05) is 0 Å². The minimum atomic E-state index is -4.90. The van der Waals surface area contributed by atoms with Crippen molar-refractivity contribution in [3.8, 4) is 0 Å². The van der Waals surface area contributed by atoms with Gasteiger partial charge < -0.3 is 4.90 Å². The number of anilines is 1. The van der Waals surface area contributed by atoms with Gasteiger partial charge in [0.1, 0.15) is 0 Å². The van der Waals surface area contributed by atoms with E-state index < -0.39 is 33.0 Å². The molecule has 10 heteroatoms. The maximum Gasteiger partial charge on any atom is 0.416 e. The Hall–Kier alpha value is -2.39. The molecular formula is C15H16F3N3O4. The van der Waals surface area contributed by atoms with Crippen molar-refractivity contribution in [2.24, 2.45) is 11.8 Å². The van der Waals surface area contributed by atoms with Gasteiger partial charge in [0.05, 0.1) is 15.4 Å². The number of hydrogen-bond acceptors (Lipinski definition) is 5. The SMILES string of the molecule is O=[N+]([O-])c1cc(C(F)(F)F)cc([N+](=O)[O-])c1N1CC2CCC(CC2)C1. The summed E-state index contributed by atoms with van der Waals surface area (Å²) in [6, 6.07) is 0.796. The third kappa shape index (κ3) is 3.38. The zero-order chi connectivity index (χ0) is 18.4. The van der Waals surface area contributed by atoms with E-state index in [1.54, 1.807) is 4.90 Å². The summed E-state index contributed by atoms with van der Waals surface area (Å²) in [6.07, 6.45) is -1.16. The highest BCUT2D eigenvalue weighted by atomic mass is 19.4. The zero-order valence-electron chi connectivity index (χ0n) is 13.2. The normalized spacial score (nSPS) is 23.4. The maximum atomic E-state index is 13.0. The number of fused-ring (bicyclic) bond motifs is 4. The average molecular weight is 359 g/mol. The molecule has 0 spiro atoms. The highest BCUT2D eigenvalue weighted by molar-refractivity contribution is 5.76. The van der Waals surface area contributed by atoms with E-state index in [0.717, 1.165) is 25.7 Å². The van der Waals surface area contributed by atoms with Crippen molar-refractivity contribution in [3.05, 3.63) is 37.9 Å². The third-order valence-electron chi connectivity index (χ3n) is 5.03. The second-order valence-corrected chi connectivity index (χ2v) is 6.67. The molecule has 0 amide bonds. The Balaban J connectivity index is 2.16. The molecule has 2 aliphatic heterocycles. The number of rotatable bonds is 3. The molecule has 2 heterocycles. The van der Waals surface area contributed by atoms with Crippen LogP contribution in [0.1, 0.15) is 31.2 Å². The van der Waals surface area contributed by atoms with Crippen molar-refractivity contribution in [1.29, 1.82) is 0 Å². The van der Waals surface area contributed by atoms with Gasteiger partial charge in [0, 0.05) is 25.2 Å². The van der Waals surface area contributed by atoms with Crippen LogP contribution in [0.3, 0.4) is 0 Å². The fourth-order valence-corrected chi connectivity index (χ4v) is 3.85. The van der Waals surface area contributed by atoms with Crippen molar-refractivity contribution in [2.45, 2.75) is 31.9 Å². The summed E-state index contributed by atoms with van der Waals surface area (Å²) in [4.78, 5) is 22.4. The second kappa shape index (κ2) is 6.16. The molecule has 1 aromatic rings. The van der Waals surface area contributed by atoms with E-state index in [9.17, 15) is 33.4 Å². The monoisotopic (exact) mass is 359 g/mol. The Kier molecular flexibility index (Phi) is 4.29. The lowest BCUT2D eigenvalue weighted by atomic mass is 9.84. The molecule has 7 nitrogen and oxygen atoms in total. The Morgan fingerprint density at radius 2 is 1.32 bits per heavy atom. The van der Waals surface area contributed by atoms with Crippen LogP contribution in [-0.2, 0) is 6.18 Å². The van der Waals surface area contributed by atoms with Crippen LogP contribution >= 0.6 is 0 Å². The Labute approximate surface area is 140 Å². The van der Waals surface area contributed by atoms with E-state index in [-0.39, 0.29) is 17.5 Å². The van der Waals surface area contributed by atoms with Gasteiger partial charge in [-0.15, -0.1) is 0 Å². The van der Waals surface area contributed by atoms with Gasteiger partial charge in [0.2, 0.25) is 0 Å². The van der Waals surface area contributed by atoms with Crippen LogP contribution in [0.2, 0.25) is 0 Å². The first-order valence-corrected chi connectivity index (χ1v) is 7.95. The van der Waals surface area contributed by atoms with Crippen molar-refractivity contribution >= 4 is 17.1 Å². The van der Waals surface area contributed by atoms with E-state index >= 15 is 0 Å². The number of benzene rings is 1. The minimum Gasteiger partial charge on any atom is -0.360 e. The van der Waals surface area contributed by atoms with E-state index in [1.165, 1.54) is 0 Å². The topological polar surface area (TPSA) is 89.5 Å². The highest BCUT2D eigenvalue weighted by Crippen LogP contribution is 2.45. The standard InChI is InChI=1S/C15H16F3N3O4/c16-15(17,18)11-5-12(20(22)23)14(13(6-11)21(24)25)19-7-9-1-2-10(8-19)4-3-9/h5-6,9-10H,1-4,7-8H2. The predicted molar refractivity (Wildman–Crippen MR) is 82.4 cm³/mol. The molecule has 1 aromatic carbocycles. The fraction of sp³-hybridized carbons (Fsp3) is 0.600. The quantitative estimate of drug-likeness (QED) is 0.597. The molecule has 1 saturated carbocycles. The van der Waals surface area contributed by atoms with E-state index in [1.807, 2.05) is 0 Å². The zero-order valence-corrected chi connectivity index (χ0v) is 13.2. The molecule has 0 radical (unpaired) electrons. The van der Waals surface area contributed by atoms with Gasteiger partial charge in [-0.3, -0.25) is 20.2 Å². The summed E-state index contributed by atoms with van der Waals surface area (Å²) in [6.45, 7) is 0.785. The molecule has 0 aromatic heterocycles. The molecule has 1 aliphatic carbocycles. The first-order chi connectivity index (χ1) is 11.7. The summed E-state index contributed by atoms with van der Waals surface area (Å²) in [5.41, 5.74) is -3.40. The van der Waals surface area contributed by atoms with Crippen molar-refractivity contribution < 1.29 is 23.0 Å². The number of nitro benzene ring substituents is 2. The molecule has 4 rings (SSSR count). The maximum absolute atomic E-state index is 13.0. The molecule has 25 heavy (non-hydrogen) atoms. The van der Waals surface area contributed by atoms with Gasteiger partial charge in [0.15, 0.2) is 5.69 Å². The lowest BCUT2D eigenvalue weighted by Gasteiger charge is -2.24. The van der Waals surface area contributed by atoms with Crippen molar-refractivity contribution in [1.82, 2.24) is 0 Å². The summed E-state index contributed by atoms with van der Waals surface area (Å²) in [5, 5.41) is 22.7. The molecule has 2 bridgehead atoms. The fourth-order valence-electron chi connectivity index (χ4n) is 3.85. The second-order valence-electron chi connectivity index (χ2n) is 6.67. The minimum absolute atomic E-state index is 0.250. The summed E-state index contributed by atoms with van der Waals surface area (Å²) in [5.74, 6) is 0.500. The molecule has 0 atom stereocenters. The number of halogens is 3. The van der Waals surface area contributed by atoms with E-state index in [0.29, 0.717) is 25.2 Å².